The number of nitrogens with zero attached hydrogens (tertiary/aromatic N) is 4. The molecule has 5 rings (SSSR count). The van der Waals surface area contributed by atoms with Crippen LogP contribution in [0.3, 0.4) is 0 Å². The summed E-state index contributed by atoms with van der Waals surface area (Å²) in [6.45, 7) is 10.0. The molecule has 4 nitrogen and oxygen atoms in total. The van der Waals surface area contributed by atoms with Crippen molar-refractivity contribution in [3.8, 4) is 16.9 Å². The first kappa shape index (κ1) is 22.4. The van der Waals surface area contributed by atoms with E-state index in [1.165, 1.54) is 22.4 Å². The second-order valence-corrected chi connectivity index (χ2v) is 9.29. The van der Waals surface area contributed by atoms with Gasteiger partial charge in [-0.1, -0.05) is 60.7 Å². The van der Waals surface area contributed by atoms with Crippen LogP contribution < -0.4 is 4.90 Å². The standard InChI is InChI=1S/C30H34N4/c1-24-11-9-17-29(25(24)2)33-21-19-32(20-22-33)18-10-14-27-23-30(26-12-5-3-6-13-26)34(31-27)28-15-7-4-8-16-28/h3-9,11-13,15-17,23H,10,14,18-22H2,1-2H3. The summed E-state index contributed by atoms with van der Waals surface area (Å²) in [4.78, 5) is 5.15. The predicted molar refractivity (Wildman–Crippen MR) is 142 cm³/mol. The largest absolute Gasteiger partial charge is 0.369 e. The number of aryl methyl sites for hydroxylation is 2. The smallest absolute Gasteiger partial charge is 0.0743 e. The second-order valence-electron chi connectivity index (χ2n) is 9.29. The lowest BCUT2D eigenvalue weighted by atomic mass is 10.1. The minimum absolute atomic E-state index is 0.997. The molecule has 1 aliphatic heterocycles. The Hall–Kier alpha value is -3.37. The molecular formula is C30H34N4. The van der Waals surface area contributed by atoms with Crippen LogP contribution in [0.2, 0.25) is 0 Å². The molecule has 1 fully saturated rings. The van der Waals surface area contributed by atoms with Gasteiger partial charge >= 0.3 is 0 Å². The van der Waals surface area contributed by atoms with Gasteiger partial charge in [-0.25, -0.2) is 4.68 Å². The fourth-order valence-corrected chi connectivity index (χ4v) is 4.91. The van der Waals surface area contributed by atoms with E-state index in [2.05, 4.69) is 113 Å². The number of aromatic nitrogens is 2. The molecule has 1 saturated heterocycles. The highest BCUT2D eigenvalue weighted by molar-refractivity contribution is 5.62. The van der Waals surface area contributed by atoms with Gasteiger partial charge in [-0.05, 0) is 68.6 Å². The molecule has 0 bridgehead atoms. The van der Waals surface area contributed by atoms with E-state index in [1.54, 1.807) is 0 Å². The summed E-state index contributed by atoms with van der Waals surface area (Å²) in [5.74, 6) is 0. The van der Waals surface area contributed by atoms with E-state index in [1.807, 2.05) is 0 Å². The van der Waals surface area contributed by atoms with Crippen LogP contribution in [0.15, 0.2) is 84.9 Å². The van der Waals surface area contributed by atoms with Crippen LogP contribution in [0, 0.1) is 13.8 Å². The average Bonchev–Trinajstić information content (AvgIpc) is 3.32. The number of hydrogen-bond acceptors (Lipinski definition) is 3. The maximum atomic E-state index is 5.00. The molecule has 0 N–H and O–H groups in total. The van der Waals surface area contributed by atoms with Crippen molar-refractivity contribution in [3.63, 3.8) is 0 Å². The van der Waals surface area contributed by atoms with Crippen molar-refractivity contribution >= 4 is 5.69 Å². The van der Waals surface area contributed by atoms with Crippen molar-refractivity contribution in [1.29, 1.82) is 0 Å². The van der Waals surface area contributed by atoms with Crippen molar-refractivity contribution in [2.75, 3.05) is 37.6 Å². The summed E-state index contributed by atoms with van der Waals surface area (Å²) >= 11 is 0. The Kier molecular flexibility index (Phi) is 6.77. The maximum Gasteiger partial charge on any atom is 0.0743 e. The molecule has 1 aromatic heterocycles. The zero-order chi connectivity index (χ0) is 23.3. The van der Waals surface area contributed by atoms with Gasteiger partial charge in [-0.15, -0.1) is 0 Å². The highest BCUT2D eigenvalue weighted by atomic mass is 15.3. The molecule has 0 saturated carbocycles. The van der Waals surface area contributed by atoms with Gasteiger partial charge in [0.2, 0.25) is 0 Å². The fourth-order valence-electron chi connectivity index (χ4n) is 4.91. The first-order chi connectivity index (χ1) is 16.7. The molecule has 2 heterocycles. The van der Waals surface area contributed by atoms with Gasteiger partial charge in [0.05, 0.1) is 17.1 Å². The number of anilines is 1. The van der Waals surface area contributed by atoms with Crippen molar-refractivity contribution < 1.29 is 0 Å². The number of hydrogen-bond donors (Lipinski definition) is 0. The van der Waals surface area contributed by atoms with Crippen molar-refractivity contribution in [2.24, 2.45) is 0 Å². The summed E-state index contributed by atoms with van der Waals surface area (Å²) in [6.07, 6.45) is 2.13. The molecule has 34 heavy (non-hydrogen) atoms. The average molecular weight is 451 g/mol. The lowest BCUT2D eigenvalue weighted by Crippen LogP contribution is -2.47. The van der Waals surface area contributed by atoms with Crippen LogP contribution in [0.1, 0.15) is 23.2 Å². The molecular weight excluding hydrogens is 416 g/mol. The SMILES string of the molecule is Cc1cccc(N2CCN(CCCc3cc(-c4ccccc4)n(-c4ccccc4)n3)CC2)c1C. The molecule has 0 aliphatic carbocycles. The topological polar surface area (TPSA) is 24.3 Å². The van der Waals surface area contributed by atoms with Gasteiger partial charge in [0.25, 0.3) is 0 Å². The van der Waals surface area contributed by atoms with E-state index >= 15 is 0 Å². The summed E-state index contributed by atoms with van der Waals surface area (Å²) < 4.78 is 2.09. The van der Waals surface area contributed by atoms with Crippen molar-refractivity contribution in [1.82, 2.24) is 14.7 Å². The van der Waals surface area contributed by atoms with Crippen LogP contribution in [0.25, 0.3) is 16.9 Å². The Labute approximate surface area is 203 Å². The predicted octanol–water partition coefficient (Wildman–Crippen LogP) is 5.91. The van der Waals surface area contributed by atoms with Crippen molar-refractivity contribution in [3.05, 3.63) is 102 Å². The van der Waals surface area contributed by atoms with E-state index in [4.69, 9.17) is 5.10 Å². The number of piperazine rings is 1. The molecule has 174 valence electrons. The molecule has 4 heteroatoms. The van der Waals surface area contributed by atoms with Crippen LogP contribution in [0.4, 0.5) is 5.69 Å². The molecule has 3 aromatic carbocycles. The van der Waals surface area contributed by atoms with E-state index in [9.17, 15) is 0 Å². The Bertz CT molecular complexity index is 1150. The van der Waals surface area contributed by atoms with Crippen molar-refractivity contribution in [2.45, 2.75) is 26.7 Å². The van der Waals surface area contributed by atoms with E-state index in [0.29, 0.717) is 0 Å². The van der Waals surface area contributed by atoms with Crippen LogP contribution in [0.5, 0.6) is 0 Å². The monoisotopic (exact) mass is 450 g/mol. The first-order valence-electron chi connectivity index (χ1n) is 12.4. The van der Waals surface area contributed by atoms with Gasteiger partial charge in [-0.3, -0.25) is 4.90 Å². The quantitative estimate of drug-likeness (QED) is 0.350. The van der Waals surface area contributed by atoms with E-state index in [0.717, 1.165) is 62.6 Å². The lowest BCUT2D eigenvalue weighted by molar-refractivity contribution is 0.254. The summed E-state index contributed by atoms with van der Waals surface area (Å²) in [6, 6.07) is 29.9. The van der Waals surface area contributed by atoms with Crippen LogP contribution in [-0.2, 0) is 6.42 Å². The van der Waals surface area contributed by atoms with E-state index in [-0.39, 0.29) is 0 Å². The molecule has 4 aromatic rings. The van der Waals surface area contributed by atoms with Gasteiger partial charge in [0.15, 0.2) is 0 Å². The fraction of sp³-hybridized carbons (Fsp3) is 0.300. The first-order valence-corrected chi connectivity index (χ1v) is 12.4. The Morgan fingerprint density at radius 2 is 1.47 bits per heavy atom. The summed E-state index contributed by atoms with van der Waals surface area (Å²) in [5, 5.41) is 5.00. The maximum absolute atomic E-state index is 5.00. The second kappa shape index (κ2) is 10.3. The van der Waals surface area contributed by atoms with E-state index < -0.39 is 0 Å². The van der Waals surface area contributed by atoms with Gasteiger partial charge < -0.3 is 4.90 Å². The zero-order valence-corrected chi connectivity index (χ0v) is 20.3. The van der Waals surface area contributed by atoms with Gasteiger partial charge in [-0.2, -0.15) is 5.10 Å². The molecule has 0 atom stereocenters. The normalized spacial score (nSPS) is 14.5. The third kappa shape index (κ3) is 4.92. The minimum Gasteiger partial charge on any atom is -0.369 e. The minimum atomic E-state index is 0.997. The highest BCUT2D eigenvalue weighted by Gasteiger charge is 2.19. The number of benzene rings is 3. The Balaban J connectivity index is 1.21. The Morgan fingerprint density at radius 3 is 2.21 bits per heavy atom. The van der Waals surface area contributed by atoms with Gasteiger partial charge in [0.1, 0.15) is 0 Å². The number of rotatable bonds is 7. The zero-order valence-electron chi connectivity index (χ0n) is 20.3. The van der Waals surface area contributed by atoms with Crippen LogP contribution in [-0.4, -0.2) is 47.4 Å². The third-order valence-corrected chi connectivity index (χ3v) is 7.03. The van der Waals surface area contributed by atoms with Gasteiger partial charge in [0, 0.05) is 37.4 Å². The molecule has 0 amide bonds. The highest BCUT2D eigenvalue weighted by Crippen LogP contribution is 2.26. The summed E-state index contributed by atoms with van der Waals surface area (Å²) in [7, 11) is 0. The van der Waals surface area contributed by atoms with Crippen LogP contribution >= 0.6 is 0 Å². The molecule has 0 spiro atoms. The number of para-hydroxylation sites is 1. The molecule has 0 unspecified atom stereocenters. The third-order valence-electron chi connectivity index (χ3n) is 7.03. The summed E-state index contributed by atoms with van der Waals surface area (Å²) in [5.41, 5.74) is 8.83. The molecule has 1 aliphatic rings. The lowest BCUT2D eigenvalue weighted by Gasteiger charge is -2.37. The Morgan fingerprint density at radius 1 is 0.765 bits per heavy atom. The molecule has 0 radical (unpaired) electrons.